The average molecular weight is 213 g/mol. The van der Waals surface area contributed by atoms with Gasteiger partial charge in [0.15, 0.2) is 11.6 Å². The number of aromatic hydroxyl groups is 1. The molecule has 1 unspecified atom stereocenters. The van der Waals surface area contributed by atoms with Gasteiger partial charge in [-0.2, -0.15) is 0 Å². The molecule has 2 nitrogen and oxygen atoms in total. The first-order valence-electron chi connectivity index (χ1n) is 4.75. The Morgan fingerprint density at radius 3 is 2.33 bits per heavy atom. The fourth-order valence-electron chi connectivity index (χ4n) is 2.02. The van der Waals surface area contributed by atoms with E-state index in [0.717, 1.165) is 6.07 Å². The van der Waals surface area contributed by atoms with E-state index in [0.29, 0.717) is 12.5 Å². The monoisotopic (exact) mass is 213 g/mol. The number of rotatable bonds is 1. The summed E-state index contributed by atoms with van der Waals surface area (Å²) in [4.78, 5) is 0. The van der Waals surface area contributed by atoms with Crippen molar-refractivity contribution in [2.75, 3.05) is 0 Å². The molecule has 2 rings (SSSR count). The summed E-state index contributed by atoms with van der Waals surface area (Å²) in [5.74, 6) is -2.21. The molecule has 1 aromatic rings. The van der Waals surface area contributed by atoms with Crippen LogP contribution in [0.4, 0.5) is 8.78 Å². The van der Waals surface area contributed by atoms with Gasteiger partial charge < -0.3 is 10.8 Å². The van der Waals surface area contributed by atoms with Crippen molar-refractivity contribution < 1.29 is 13.9 Å². The Bertz CT molecular complexity index is 431. The summed E-state index contributed by atoms with van der Waals surface area (Å²) >= 11 is 0. The molecule has 0 amide bonds. The molecule has 1 aromatic carbocycles. The fraction of sp³-hybridized carbons (Fsp3) is 0.455. The van der Waals surface area contributed by atoms with Gasteiger partial charge in [-0.15, -0.1) is 0 Å². The molecule has 0 spiro atoms. The predicted molar refractivity (Wildman–Crippen MR) is 52.3 cm³/mol. The van der Waals surface area contributed by atoms with Gasteiger partial charge in [-0.3, -0.25) is 0 Å². The lowest BCUT2D eigenvalue weighted by Gasteiger charge is -2.17. The van der Waals surface area contributed by atoms with Crippen molar-refractivity contribution in [1.29, 1.82) is 0 Å². The number of phenols is 1. The SMILES string of the molecule is CC1(C)CC1(N)c1cc(F)cc(F)c1O. The van der Waals surface area contributed by atoms with Crippen molar-refractivity contribution >= 4 is 0 Å². The second-order valence-corrected chi connectivity index (χ2v) is 4.82. The third kappa shape index (κ3) is 1.32. The third-order valence-electron chi connectivity index (χ3n) is 3.31. The van der Waals surface area contributed by atoms with Gasteiger partial charge in [-0.05, 0) is 17.9 Å². The normalized spacial score (nSPS) is 27.8. The molecule has 0 radical (unpaired) electrons. The maximum absolute atomic E-state index is 13.1. The zero-order chi connectivity index (χ0) is 11.4. The third-order valence-corrected chi connectivity index (χ3v) is 3.31. The number of hydrogen-bond acceptors (Lipinski definition) is 2. The molecule has 1 aliphatic carbocycles. The highest BCUT2D eigenvalue weighted by molar-refractivity contribution is 5.45. The highest BCUT2D eigenvalue weighted by Crippen LogP contribution is 2.62. The Labute approximate surface area is 86.7 Å². The molecule has 0 heterocycles. The zero-order valence-electron chi connectivity index (χ0n) is 8.64. The molecular formula is C11H13F2NO. The van der Waals surface area contributed by atoms with Crippen LogP contribution in [0.3, 0.4) is 0 Å². The summed E-state index contributed by atoms with van der Waals surface area (Å²) in [6, 6.07) is 1.75. The van der Waals surface area contributed by atoms with Crippen LogP contribution in [-0.2, 0) is 5.54 Å². The highest BCUT2D eigenvalue weighted by atomic mass is 19.1. The second-order valence-electron chi connectivity index (χ2n) is 4.82. The Hall–Kier alpha value is -1.16. The maximum atomic E-state index is 13.1. The van der Waals surface area contributed by atoms with E-state index in [2.05, 4.69) is 0 Å². The number of halogens is 2. The molecule has 0 aliphatic heterocycles. The lowest BCUT2D eigenvalue weighted by molar-refractivity contribution is 0.401. The summed E-state index contributed by atoms with van der Waals surface area (Å²) in [5, 5.41) is 9.51. The summed E-state index contributed by atoms with van der Waals surface area (Å²) < 4.78 is 26.1. The van der Waals surface area contributed by atoms with Crippen LogP contribution >= 0.6 is 0 Å². The van der Waals surface area contributed by atoms with E-state index >= 15 is 0 Å². The van der Waals surface area contributed by atoms with Gasteiger partial charge in [0.2, 0.25) is 0 Å². The molecule has 82 valence electrons. The van der Waals surface area contributed by atoms with E-state index in [-0.39, 0.29) is 11.0 Å². The molecule has 4 heteroatoms. The van der Waals surface area contributed by atoms with Gasteiger partial charge in [0.25, 0.3) is 0 Å². The van der Waals surface area contributed by atoms with Crippen molar-refractivity contribution in [3.63, 3.8) is 0 Å². The minimum absolute atomic E-state index is 0.157. The van der Waals surface area contributed by atoms with Crippen molar-refractivity contribution in [1.82, 2.24) is 0 Å². The minimum Gasteiger partial charge on any atom is -0.505 e. The smallest absolute Gasteiger partial charge is 0.168 e. The van der Waals surface area contributed by atoms with E-state index in [4.69, 9.17) is 5.73 Å². The van der Waals surface area contributed by atoms with Crippen LogP contribution in [0.15, 0.2) is 12.1 Å². The predicted octanol–water partition coefficient (Wildman–Crippen LogP) is 2.25. The summed E-state index contributed by atoms with van der Waals surface area (Å²) in [6.07, 6.45) is 0.608. The number of nitrogens with two attached hydrogens (primary N) is 1. The van der Waals surface area contributed by atoms with Gasteiger partial charge in [-0.25, -0.2) is 8.78 Å². The Kier molecular flexibility index (Phi) is 1.86. The fourth-order valence-corrected chi connectivity index (χ4v) is 2.02. The van der Waals surface area contributed by atoms with Crippen molar-refractivity contribution in [3.8, 4) is 5.75 Å². The van der Waals surface area contributed by atoms with Crippen LogP contribution in [0.5, 0.6) is 5.75 Å². The average Bonchev–Trinajstić information content (AvgIpc) is 2.60. The van der Waals surface area contributed by atoms with E-state index in [1.807, 2.05) is 13.8 Å². The van der Waals surface area contributed by atoms with Gasteiger partial charge in [-0.1, -0.05) is 13.8 Å². The van der Waals surface area contributed by atoms with E-state index < -0.39 is 22.9 Å². The largest absolute Gasteiger partial charge is 0.505 e. The number of benzene rings is 1. The number of phenolic OH excluding ortho intramolecular Hbond substituents is 1. The first kappa shape index (κ1) is 10.4. The quantitative estimate of drug-likeness (QED) is 0.751. The van der Waals surface area contributed by atoms with Crippen LogP contribution in [0.2, 0.25) is 0 Å². The van der Waals surface area contributed by atoms with Crippen molar-refractivity contribution in [3.05, 3.63) is 29.3 Å². The Balaban J connectivity index is 2.55. The first-order valence-corrected chi connectivity index (χ1v) is 4.75. The van der Waals surface area contributed by atoms with Crippen LogP contribution in [0.1, 0.15) is 25.8 Å². The topological polar surface area (TPSA) is 46.2 Å². The first-order chi connectivity index (χ1) is 6.78. The number of hydrogen-bond donors (Lipinski definition) is 2. The van der Waals surface area contributed by atoms with Gasteiger partial charge in [0.05, 0.1) is 5.54 Å². The minimum atomic E-state index is -0.961. The standard InChI is InChI=1S/C11H13F2NO/c1-10(2)5-11(10,14)7-3-6(12)4-8(13)9(7)15/h3-4,15H,5,14H2,1-2H3. The van der Waals surface area contributed by atoms with Crippen LogP contribution in [0.25, 0.3) is 0 Å². The molecular weight excluding hydrogens is 200 g/mol. The molecule has 3 N–H and O–H groups in total. The zero-order valence-corrected chi connectivity index (χ0v) is 8.64. The van der Waals surface area contributed by atoms with E-state index in [1.54, 1.807) is 0 Å². The van der Waals surface area contributed by atoms with Crippen LogP contribution in [0, 0.1) is 17.0 Å². The van der Waals surface area contributed by atoms with Crippen molar-refractivity contribution in [2.45, 2.75) is 25.8 Å². The lowest BCUT2D eigenvalue weighted by atomic mass is 9.96. The molecule has 0 aromatic heterocycles. The van der Waals surface area contributed by atoms with Crippen LogP contribution in [-0.4, -0.2) is 5.11 Å². The Morgan fingerprint density at radius 1 is 1.33 bits per heavy atom. The molecule has 1 atom stereocenters. The maximum Gasteiger partial charge on any atom is 0.168 e. The summed E-state index contributed by atoms with van der Waals surface area (Å²) in [7, 11) is 0. The van der Waals surface area contributed by atoms with Gasteiger partial charge in [0.1, 0.15) is 5.82 Å². The summed E-state index contributed by atoms with van der Waals surface area (Å²) in [6.45, 7) is 3.80. The molecule has 15 heavy (non-hydrogen) atoms. The second kappa shape index (κ2) is 2.70. The lowest BCUT2D eigenvalue weighted by Crippen LogP contribution is -2.26. The molecule has 0 saturated heterocycles. The summed E-state index contributed by atoms with van der Waals surface area (Å²) in [5.41, 5.74) is 5.10. The molecule has 1 saturated carbocycles. The Morgan fingerprint density at radius 2 is 1.87 bits per heavy atom. The molecule has 0 bridgehead atoms. The van der Waals surface area contributed by atoms with E-state index in [9.17, 15) is 13.9 Å². The van der Waals surface area contributed by atoms with Crippen LogP contribution < -0.4 is 5.73 Å². The van der Waals surface area contributed by atoms with Gasteiger partial charge >= 0.3 is 0 Å². The van der Waals surface area contributed by atoms with Crippen molar-refractivity contribution in [2.24, 2.45) is 11.1 Å². The highest BCUT2D eigenvalue weighted by Gasteiger charge is 2.60. The van der Waals surface area contributed by atoms with Gasteiger partial charge in [0, 0.05) is 11.6 Å². The molecule has 1 fully saturated rings. The molecule has 1 aliphatic rings. The van der Waals surface area contributed by atoms with E-state index in [1.165, 1.54) is 0 Å².